The fraction of sp³-hybridized carbons (Fsp3) is 0.929. The molecule has 0 saturated carbocycles. The molecule has 16 heavy (non-hydrogen) atoms. The predicted octanol–water partition coefficient (Wildman–Crippen LogP) is 3.61. The van der Waals surface area contributed by atoms with Gasteiger partial charge in [0, 0.05) is 19.5 Å². The zero-order valence-electron chi connectivity index (χ0n) is 11.0. The van der Waals surface area contributed by atoms with E-state index in [9.17, 15) is 4.79 Å². The van der Waals surface area contributed by atoms with E-state index < -0.39 is 0 Å². The standard InChI is InChI=1S/C14H27NO/c1-3-4-5-6-7-8-14(16)15-11-9-13(2)10-12-15/h13H,3-12H2,1-2H3. The van der Waals surface area contributed by atoms with Crippen molar-refractivity contribution in [2.45, 2.75) is 65.2 Å². The minimum absolute atomic E-state index is 0.392. The first-order valence-corrected chi connectivity index (χ1v) is 7.01. The van der Waals surface area contributed by atoms with Crippen LogP contribution in [0.5, 0.6) is 0 Å². The summed E-state index contributed by atoms with van der Waals surface area (Å²) in [7, 11) is 0. The maximum absolute atomic E-state index is 11.9. The number of carbonyl (C=O) groups is 1. The van der Waals surface area contributed by atoms with Crippen LogP contribution in [0, 0.1) is 5.92 Å². The van der Waals surface area contributed by atoms with E-state index in [-0.39, 0.29) is 0 Å². The van der Waals surface area contributed by atoms with Crippen molar-refractivity contribution in [3.05, 3.63) is 0 Å². The molecule has 1 heterocycles. The highest BCUT2D eigenvalue weighted by Crippen LogP contribution is 2.17. The predicted molar refractivity (Wildman–Crippen MR) is 68.4 cm³/mol. The van der Waals surface area contributed by atoms with Crippen molar-refractivity contribution < 1.29 is 4.79 Å². The van der Waals surface area contributed by atoms with E-state index in [1.165, 1.54) is 38.5 Å². The second-order valence-corrected chi connectivity index (χ2v) is 5.23. The van der Waals surface area contributed by atoms with E-state index in [0.29, 0.717) is 5.91 Å². The van der Waals surface area contributed by atoms with Crippen LogP contribution in [0.15, 0.2) is 0 Å². The number of rotatable bonds is 6. The molecule has 1 aliphatic rings. The molecular weight excluding hydrogens is 198 g/mol. The number of nitrogens with zero attached hydrogens (tertiary/aromatic N) is 1. The zero-order valence-corrected chi connectivity index (χ0v) is 11.0. The van der Waals surface area contributed by atoms with Crippen molar-refractivity contribution in [2.75, 3.05) is 13.1 Å². The summed E-state index contributed by atoms with van der Waals surface area (Å²) < 4.78 is 0. The number of hydrogen-bond acceptors (Lipinski definition) is 1. The molecule has 0 atom stereocenters. The fourth-order valence-electron chi connectivity index (χ4n) is 2.30. The summed E-state index contributed by atoms with van der Waals surface area (Å²) in [5.74, 6) is 1.21. The van der Waals surface area contributed by atoms with Gasteiger partial charge in [-0.2, -0.15) is 0 Å². The first-order chi connectivity index (χ1) is 7.74. The molecule has 94 valence electrons. The van der Waals surface area contributed by atoms with E-state index >= 15 is 0 Å². The number of hydrogen-bond donors (Lipinski definition) is 0. The van der Waals surface area contributed by atoms with Crippen LogP contribution in [0.4, 0.5) is 0 Å². The lowest BCUT2D eigenvalue weighted by molar-refractivity contribution is -0.132. The minimum Gasteiger partial charge on any atom is -0.343 e. The quantitative estimate of drug-likeness (QED) is 0.632. The van der Waals surface area contributed by atoms with Crippen molar-refractivity contribution in [1.29, 1.82) is 0 Å². The lowest BCUT2D eigenvalue weighted by Crippen LogP contribution is -2.37. The van der Waals surface area contributed by atoms with Crippen molar-refractivity contribution in [3.63, 3.8) is 0 Å². The highest BCUT2D eigenvalue weighted by atomic mass is 16.2. The second kappa shape index (κ2) is 7.70. The Hall–Kier alpha value is -0.530. The van der Waals surface area contributed by atoms with Crippen LogP contribution in [-0.4, -0.2) is 23.9 Å². The van der Waals surface area contributed by atoms with Gasteiger partial charge in [0.05, 0.1) is 0 Å². The first-order valence-electron chi connectivity index (χ1n) is 7.01. The van der Waals surface area contributed by atoms with E-state index in [1.54, 1.807) is 0 Å². The molecule has 1 amide bonds. The molecule has 0 radical (unpaired) electrons. The topological polar surface area (TPSA) is 20.3 Å². The van der Waals surface area contributed by atoms with Crippen molar-refractivity contribution in [3.8, 4) is 0 Å². The summed E-state index contributed by atoms with van der Waals surface area (Å²) in [5, 5.41) is 0. The third-order valence-corrected chi connectivity index (χ3v) is 3.63. The van der Waals surface area contributed by atoms with Gasteiger partial charge in [-0.15, -0.1) is 0 Å². The largest absolute Gasteiger partial charge is 0.343 e. The van der Waals surface area contributed by atoms with Gasteiger partial charge in [-0.05, 0) is 25.2 Å². The lowest BCUT2D eigenvalue weighted by Gasteiger charge is -2.30. The SMILES string of the molecule is CCCCCCCC(=O)N1CCC(C)CC1. The van der Waals surface area contributed by atoms with E-state index in [2.05, 4.69) is 18.7 Å². The molecule has 0 bridgehead atoms. The maximum atomic E-state index is 11.9. The molecule has 1 saturated heterocycles. The monoisotopic (exact) mass is 225 g/mol. The molecule has 0 unspecified atom stereocenters. The van der Waals surface area contributed by atoms with Crippen LogP contribution in [0.1, 0.15) is 65.2 Å². The maximum Gasteiger partial charge on any atom is 0.222 e. The molecule has 0 N–H and O–H groups in total. The molecule has 0 spiro atoms. The molecule has 2 heteroatoms. The van der Waals surface area contributed by atoms with Gasteiger partial charge >= 0.3 is 0 Å². The number of unbranched alkanes of at least 4 members (excludes halogenated alkanes) is 4. The van der Waals surface area contributed by atoms with Crippen LogP contribution in [0.3, 0.4) is 0 Å². The normalized spacial score (nSPS) is 17.8. The Labute approximate surface area is 100 Å². The molecule has 2 nitrogen and oxygen atoms in total. The first kappa shape index (κ1) is 13.5. The molecule has 0 aromatic heterocycles. The van der Waals surface area contributed by atoms with Crippen LogP contribution in [-0.2, 0) is 4.79 Å². The Bertz CT molecular complexity index is 195. The summed E-state index contributed by atoms with van der Waals surface area (Å²) in [6.45, 7) is 6.50. The number of piperidine rings is 1. The third kappa shape index (κ3) is 5.00. The summed E-state index contributed by atoms with van der Waals surface area (Å²) in [6, 6.07) is 0. The Morgan fingerprint density at radius 2 is 1.75 bits per heavy atom. The van der Waals surface area contributed by atoms with Gasteiger partial charge < -0.3 is 4.90 Å². The molecule has 0 aliphatic carbocycles. The number of carbonyl (C=O) groups excluding carboxylic acids is 1. The zero-order chi connectivity index (χ0) is 11.8. The van der Waals surface area contributed by atoms with Crippen molar-refractivity contribution in [2.24, 2.45) is 5.92 Å². The second-order valence-electron chi connectivity index (χ2n) is 5.23. The molecular formula is C14H27NO. The van der Waals surface area contributed by atoms with Crippen molar-refractivity contribution in [1.82, 2.24) is 4.90 Å². The van der Waals surface area contributed by atoms with Gasteiger partial charge in [-0.3, -0.25) is 4.79 Å². The highest BCUT2D eigenvalue weighted by molar-refractivity contribution is 5.76. The van der Waals surface area contributed by atoms with Gasteiger partial charge in [0.15, 0.2) is 0 Å². The van der Waals surface area contributed by atoms with Gasteiger partial charge in [0.1, 0.15) is 0 Å². The Morgan fingerprint density at radius 3 is 2.38 bits per heavy atom. The lowest BCUT2D eigenvalue weighted by atomic mass is 9.99. The minimum atomic E-state index is 0.392. The van der Waals surface area contributed by atoms with Crippen LogP contribution in [0.2, 0.25) is 0 Å². The van der Waals surface area contributed by atoms with E-state index in [1.807, 2.05) is 0 Å². The van der Waals surface area contributed by atoms with Crippen LogP contribution < -0.4 is 0 Å². The summed E-state index contributed by atoms with van der Waals surface area (Å²) in [4.78, 5) is 13.9. The Morgan fingerprint density at radius 1 is 1.12 bits per heavy atom. The molecule has 1 rings (SSSR count). The van der Waals surface area contributed by atoms with E-state index in [4.69, 9.17) is 0 Å². The Balaban J connectivity index is 2.06. The summed E-state index contributed by atoms with van der Waals surface area (Å²) in [5.41, 5.74) is 0. The van der Waals surface area contributed by atoms with E-state index in [0.717, 1.165) is 31.8 Å². The molecule has 0 aromatic carbocycles. The smallest absolute Gasteiger partial charge is 0.222 e. The number of amides is 1. The van der Waals surface area contributed by atoms with Crippen LogP contribution in [0.25, 0.3) is 0 Å². The fourth-order valence-corrected chi connectivity index (χ4v) is 2.30. The average molecular weight is 225 g/mol. The Kier molecular flexibility index (Phi) is 6.51. The van der Waals surface area contributed by atoms with Gasteiger partial charge in [0.25, 0.3) is 0 Å². The highest BCUT2D eigenvalue weighted by Gasteiger charge is 2.19. The van der Waals surface area contributed by atoms with Gasteiger partial charge in [-0.25, -0.2) is 0 Å². The number of likely N-dealkylation sites (tertiary alicyclic amines) is 1. The van der Waals surface area contributed by atoms with Gasteiger partial charge in [0.2, 0.25) is 5.91 Å². The van der Waals surface area contributed by atoms with Gasteiger partial charge in [-0.1, -0.05) is 39.5 Å². The third-order valence-electron chi connectivity index (χ3n) is 3.63. The molecule has 1 fully saturated rings. The molecule has 0 aromatic rings. The van der Waals surface area contributed by atoms with Crippen molar-refractivity contribution >= 4 is 5.91 Å². The summed E-state index contributed by atoms with van der Waals surface area (Å²) >= 11 is 0. The van der Waals surface area contributed by atoms with Crippen LogP contribution >= 0.6 is 0 Å². The summed E-state index contributed by atoms with van der Waals surface area (Å²) in [6.07, 6.45) is 9.37. The average Bonchev–Trinajstić information content (AvgIpc) is 2.29. The molecule has 1 aliphatic heterocycles.